The van der Waals surface area contributed by atoms with E-state index in [1.54, 1.807) is 42.5 Å². The number of rotatable bonds is 3. The summed E-state index contributed by atoms with van der Waals surface area (Å²) in [6, 6.07) is 11.8. The van der Waals surface area contributed by atoms with Crippen molar-refractivity contribution in [2.75, 3.05) is 0 Å². The highest BCUT2D eigenvalue weighted by Crippen LogP contribution is 2.25. The molecule has 2 aromatic carbocycles. The molecule has 2 rings (SSSR count). The van der Waals surface area contributed by atoms with Gasteiger partial charge in [-0.05, 0) is 45.8 Å². The Balaban J connectivity index is 2.05. The van der Waals surface area contributed by atoms with Crippen LogP contribution in [0.5, 0.6) is 5.75 Å². The number of carbonyl (C=O) groups is 1. The molecule has 0 spiro atoms. The number of phenolic OH excluding ortho intramolecular Hbond substituents is 1. The standard InChI is InChI=1S/C14H11BrClNO2/c15-12-3-1-2-11(13(12)16)14(19)17-8-9-4-6-10(18)7-5-9/h1-7,18H,8H2,(H,17,19). The summed E-state index contributed by atoms with van der Waals surface area (Å²) in [5, 5.41) is 12.3. The van der Waals surface area contributed by atoms with Gasteiger partial charge in [0.05, 0.1) is 10.6 Å². The maximum absolute atomic E-state index is 12.0. The Hall–Kier alpha value is -1.52. The predicted octanol–water partition coefficient (Wildman–Crippen LogP) is 3.74. The minimum absolute atomic E-state index is 0.199. The summed E-state index contributed by atoms with van der Waals surface area (Å²) in [6.45, 7) is 0.377. The molecule has 0 aliphatic heterocycles. The molecule has 0 unspecified atom stereocenters. The fraction of sp³-hybridized carbons (Fsp3) is 0.0714. The number of carbonyl (C=O) groups excluding carboxylic acids is 1. The first-order valence-electron chi connectivity index (χ1n) is 5.58. The molecule has 98 valence electrons. The summed E-state index contributed by atoms with van der Waals surface area (Å²) in [6.07, 6.45) is 0. The zero-order valence-corrected chi connectivity index (χ0v) is 12.2. The van der Waals surface area contributed by atoms with E-state index in [4.69, 9.17) is 16.7 Å². The van der Waals surface area contributed by atoms with Gasteiger partial charge in [-0.25, -0.2) is 0 Å². The van der Waals surface area contributed by atoms with Crippen LogP contribution in [-0.2, 0) is 6.54 Å². The molecule has 0 saturated heterocycles. The third kappa shape index (κ3) is 3.49. The van der Waals surface area contributed by atoms with Gasteiger partial charge in [-0.15, -0.1) is 0 Å². The van der Waals surface area contributed by atoms with E-state index in [1.165, 1.54) is 0 Å². The predicted molar refractivity (Wildman–Crippen MR) is 78.4 cm³/mol. The first-order chi connectivity index (χ1) is 9.08. The summed E-state index contributed by atoms with van der Waals surface area (Å²) < 4.78 is 0.687. The second kappa shape index (κ2) is 6.08. The summed E-state index contributed by atoms with van der Waals surface area (Å²) in [7, 11) is 0. The first kappa shape index (κ1) is 13.9. The second-order valence-corrected chi connectivity index (χ2v) is 5.18. The van der Waals surface area contributed by atoms with E-state index in [1.807, 2.05) is 0 Å². The van der Waals surface area contributed by atoms with Crippen molar-refractivity contribution in [3.8, 4) is 5.75 Å². The van der Waals surface area contributed by atoms with Gasteiger partial charge in [-0.1, -0.05) is 29.8 Å². The molecule has 0 fully saturated rings. The number of aromatic hydroxyl groups is 1. The van der Waals surface area contributed by atoms with Gasteiger partial charge in [0, 0.05) is 11.0 Å². The minimum atomic E-state index is -0.237. The van der Waals surface area contributed by atoms with E-state index in [0.717, 1.165) is 5.56 Å². The Bertz CT molecular complexity index is 599. The molecule has 1 amide bonds. The van der Waals surface area contributed by atoms with Crippen LogP contribution in [0.4, 0.5) is 0 Å². The molecule has 0 aliphatic rings. The molecular weight excluding hydrogens is 330 g/mol. The van der Waals surface area contributed by atoms with E-state index in [2.05, 4.69) is 21.2 Å². The molecule has 0 aliphatic carbocycles. The summed E-state index contributed by atoms with van der Waals surface area (Å²) in [4.78, 5) is 12.0. The molecule has 3 nitrogen and oxygen atoms in total. The van der Waals surface area contributed by atoms with Gasteiger partial charge in [0.15, 0.2) is 0 Å². The molecule has 0 atom stereocenters. The number of halogens is 2. The first-order valence-corrected chi connectivity index (χ1v) is 6.75. The Morgan fingerprint density at radius 2 is 1.89 bits per heavy atom. The van der Waals surface area contributed by atoms with Crippen molar-refractivity contribution in [3.05, 3.63) is 63.1 Å². The molecule has 0 aromatic heterocycles. The summed E-state index contributed by atoms with van der Waals surface area (Å²) in [5.74, 6) is -0.0375. The van der Waals surface area contributed by atoms with E-state index >= 15 is 0 Å². The van der Waals surface area contributed by atoms with Crippen molar-refractivity contribution < 1.29 is 9.90 Å². The monoisotopic (exact) mass is 339 g/mol. The van der Waals surface area contributed by atoms with Crippen LogP contribution < -0.4 is 5.32 Å². The number of benzene rings is 2. The molecule has 19 heavy (non-hydrogen) atoms. The lowest BCUT2D eigenvalue weighted by atomic mass is 10.2. The van der Waals surface area contributed by atoms with Gasteiger partial charge < -0.3 is 10.4 Å². The van der Waals surface area contributed by atoms with Crippen LogP contribution in [0.15, 0.2) is 46.9 Å². The molecular formula is C14H11BrClNO2. The molecule has 2 aromatic rings. The number of phenols is 1. The van der Waals surface area contributed by atoms with Crippen molar-refractivity contribution in [3.63, 3.8) is 0 Å². The quantitative estimate of drug-likeness (QED) is 0.894. The van der Waals surface area contributed by atoms with Crippen LogP contribution in [0, 0.1) is 0 Å². The van der Waals surface area contributed by atoms with E-state index in [9.17, 15) is 4.79 Å². The van der Waals surface area contributed by atoms with E-state index in [0.29, 0.717) is 21.6 Å². The van der Waals surface area contributed by atoms with Crippen LogP contribution in [0.1, 0.15) is 15.9 Å². The zero-order chi connectivity index (χ0) is 13.8. The normalized spacial score (nSPS) is 10.2. The number of amides is 1. The van der Waals surface area contributed by atoms with Crippen LogP contribution in [0.2, 0.25) is 5.02 Å². The van der Waals surface area contributed by atoms with Crippen LogP contribution in [0.25, 0.3) is 0 Å². The smallest absolute Gasteiger partial charge is 0.253 e. The van der Waals surface area contributed by atoms with E-state index in [-0.39, 0.29) is 11.7 Å². The summed E-state index contributed by atoms with van der Waals surface area (Å²) >= 11 is 9.33. The third-order valence-electron chi connectivity index (χ3n) is 2.59. The average Bonchev–Trinajstić information content (AvgIpc) is 2.41. The largest absolute Gasteiger partial charge is 0.508 e. The van der Waals surface area contributed by atoms with Crippen molar-refractivity contribution >= 4 is 33.4 Å². The lowest BCUT2D eigenvalue weighted by molar-refractivity contribution is 0.0951. The molecule has 0 radical (unpaired) electrons. The Kier molecular flexibility index (Phi) is 4.45. The Morgan fingerprint density at radius 3 is 2.58 bits per heavy atom. The van der Waals surface area contributed by atoms with Crippen LogP contribution in [0.3, 0.4) is 0 Å². The van der Waals surface area contributed by atoms with Gasteiger partial charge in [0.25, 0.3) is 5.91 Å². The van der Waals surface area contributed by atoms with Gasteiger partial charge in [-0.2, -0.15) is 0 Å². The fourth-order valence-corrected chi connectivity index (χ4v) is 2.15. The minimum Gasteiger partial charge on any atom is -0.508 e. The molecule has 0 heterocycles. The summed E-state index contributed by atoms with van der Waals surface area (Å²) in [5.41, 5.74) is 1.33. The van der Waals surface area contributed by atoms with Crippen molar-refractivity contribution in [1.29, 1.82) is 0 Å². The van der Waals surface area contributed by atoms with Gasteiger partial charge in [-0.3, -0.25) is 4.79 Å². The Morgan fingerprint density at radius 1 is 1.21 bits per heavy atom. The fourth-order valence-electron chi connectivity index (χ4n) is 1.57. The Labute approximate surface area is 124 Å². The highest BCUT2D eigenvalue weighted by molar-refractivity contribution is 9.10. The number of nitrogens with one attached hydrogen (secondary N) is 1. The maximum Gasteiger partial charge on any atom is 0.253 e. The van der Waals surface area contributed by atoms with Crippen LogP contribution >= 0.6 is 27.5 Å². The molecule has 2 N–H and O–H groups in total. The average molecular weight is 341 g/mol. The third-order valence-corrected chi connectivity index (χ3v) is 3.88. The lowest BCUT2D eigenvalue weighted by Crippen LogP contribution is -2.23. The van der Waals surface area contributed by atoms with Gasteiger partial charge in [0.1, 0.15) is 5.75 Å². The maximum atomic E-state index is 12.0. The molecule has 0 saturated carbocycles. The van der Waals surface area contributed by atoms with Gasteiger partial charge in [0.2, 0.25) is 0 Å². The lowest BCUT2D eigenvalue weighted by Gasteiger charge is -2.08. The highest BCUT2D eigenvalue weighted by Gasteiger charge is 2.11. The SMILES string of the molecule is O=C(NCc1ccc(O)cc1)c1cccc(Br)c1Cl. The molecule has 5 heteroatoms. The molecule has 0 bridgehead atoms. The van der Waals surface area contributed by atoms with Gasteiger partial charge >= 0.3 is 0 Å². The number of hydrogen-bond acceptors (Lipinski definition) is 2. The highest BCUT2D eigenvalue weighted by atomic mass is 79.9. The number of hydrogen-bond donors (Lipinski definition) is 2. The van der Waals surface area contributed by atoms with Crippen molar-refractivity contribution in [2.24, 2.45) is 0 Å². The second-order valence-electron chi connectivity index (χ2n) is 3.95. The van der Waals surface area contributed by atoms with Crippen LogP contribution in [-0.4, -0.2) is 11.0 Å². The zero-order valence-electron chi connectivity index (χ0n) is 9.86. The van der Waals surface area contributed by atoms with Crippen molar-refractivity contribution in [1.82, 2.24) is 5.32 Å². The topological polar surface area (TPSA) is 49.3 Å². The van der Waals surface area contributed by atoms with E-state index < -0.39 is 0 Å². The van der Waals surface area contributed by atoms with Crippen molar-refractivity contribution in [2.45, 2.75) is 6.54 Å².